The number of rotatable bonds is 7. The number of para-hydroxylation sites is 2. The molecule has 0 fully saturated rings. The number of anilines is 6. The Morgan fingerprint density at radius 2 is 0.784 bits per heavy atom. The van der Waals surface area contributed by atoms with Gasteiger partial charge in [-0.1, -0.05) is 142 Å². The first-order valence-corrected chi connectivity index (χ1v) is 18.0. The van der Waals surface area contributed by atoms with Gasteiger partial charge in [0, 0.05) is 38.9 Å². The summed E-state index contributed by atoms with van der Waals surface area (Å²) in [6, 6.07) is 66.4. The van der Waals surface area contributed by atoms with E-state index in [0.717, 1.165) is 22.7 Å². The SMILES string of the molecule is CC(C)C1(C)c2cc(N(c3ccccc3)c3cccc4ccccc34)ccc2-c2ccc(N(c3ccccc3)c3cccc4ccccc34)cc21. The van der Waals surface area contributed by atoms with E-state index in [9.17, 15) is 0 Å². The van der Waals surface area contributed by atoms with Crippen LogP contribution in [0.4, 0.5) is 34.1 Å². The van der Waals surface area contributed by atoms with Crippen LogP contribution >= 0.6 is 0 Å². The topological polar surface area (TPSA) is 6.48 Å². The van der Waals surface area contributed by atoms with Gasteiger partial charge in [0.1, 0.15) is 0 Å². The molecule has 0 unspecified atom stereocenters. The monoisotopic (exact) mass is 656 g/mol. The molecule has 8 aromatic carbocycles. The molecular weight excluding hydrogens is 617 g/mol. The van der Waals surface area contributed by atoms with Crippen LogP contribution in [-0.4, -0.2) is 0 Å². The minimum atomic E-state index is -0.209. The summed E-state index contributed by atoms with van der Waals surface area (Å²) in [6.45, 7) is 7.20. The standard InChI is InChI=1S/C49H40N2/c1-34(2)49(3)45-32-39(50(37-20-6-4-7-21-37)47-26-14-18-35-16-10-12-24-41(35)47)28-30-43(45)44-31-29-40(33-46(44)49)51(38-22-8-5-9-23-38)48-27-15-19-36-17-11-13-25-42(36)48/h4-34H,1-3H3. The summed E-state index contributed by atoms with van der Waals surface area (Å²) in [5, 5.41) is 4.94. The summed E-state index contributed by atoms with van der Waals surface area (Å²) in [6.07, 6.45) is 0. The van der Waals surface area contributed by atoms with Gasteiger partial charge in [-0.15, -0.1) is 0 Å². The molecule has 1 aliphatic carbocycles. The average Bonchev–Trinajstić information content (AvgIpc) is 3.44. The molecule has 0 amide bonds. The predicted molar refractivity (Wildman–Crippen MR) is 218 cm³/mol. The molecule has 0 atom stereocenters. The van der Waals surface area contributed by atoms with Crippen LogP contribution < -0.4 is 9.80 Å². The molecule has 0 radical (unpaired) electrons. The van der Waals surface area contributed by atoms with Crippen molar-refractivity contribution in [1.29, 1.82) is 0 Å². The zero-order valence-corrected chi connectivity index (χ0v) is 29.3. The predicted octanol–water partition coefficient (Wildman–Crippen LogP) is 13.9. The van der Waals surface area contributed by atoms with Crippen molar-refractivity contribution in [2.45, 2.75) is 26.2 Å². The van der Waals surface area contributed by atoms with Gasteiger partial charge in [0.05, 0.1) is 11.4 Å². The van der Waals surface area contributed by atoms with Crippen molar-refractivity contribution >= 4 is 55.7 Å². The lowest BCUT2D eigenvalue weighted by atomic mass is 9.71. The number of hydrogen-bond acceptors (Lipinski definition) is 2. The first-order chi connectivity index (χ1) is 25.0. The van der Waals surface area contributed by atoms with Crippen molar-refractivity contribution < 1.29 is 0 Å². The largest absolute Gasteiger partial charge is 0.310 e. The molecule has 246 valence electrons. The van der Waals surface area contributed by atoms with Crippen molar-refractivity contribution in [3.05, 3.63) is 193 Å². The van der Waals surface area contributed by atoms with Gasteiger partial charge < -0.3 is 9.80 Å². The van der Waals surface area contributed by atoms with E-state index in [2.05, 4.69) is 213 Å². The van der Waals surface area contributed by atoms with Crippen LogP contribution in [0.2, 0.25) is 0 Å². The van der Waals surface area contributed by atoms with E-state index in [0.29, 0.717) is 5.92 Å². The maximum absolute atomic E-state index is 2.46. The summed E-state index contributed by atoms with van der Waals surface area (Å²) < 4.78 is 0. The molecule has 0 aliphatic heterocycles. The number of fused-ring (bicyclic) bond motifs is 5. The van der Waals surface area contributed by atoms with Crippen molar-refractivity contribution in [1.82, 2.24) is 0 Å². The van der Waals surface area contributed by atoms with Crippen molar-refractivity contribution in [2.75, 3.05) is 9.80 Å². The molecular formula is C49H40N2. The molecule has 2 nitrogen and oxygen atoms in total. The third-order valence-corrected chi connectivity index (χ3v) is 11.1. The van der Waals surface area contributed by atoms with E-state index in [1.807, 2.05) is 0 Å². The van der Waals surface area contributed by atoms with Crippen molar-refractivity contribution in [3.8, 4) is 11.1 Å². The molecule has 51 heavy (non-hydrogen) atoms. The van der Waals surface area contributed by atoms with Gasteiger partial charge in [0.15, 0.2) is 0 Å². The molecule has 0 N–H and O–H groups in total. The lowest BCUT2D eigenvalue weighted by Crippen LogP contribution is -2.28. The molecule has 0 spiro atoms. The van der Waals surface area contributed by atoms with Gasteiger partial charge in [-0.3, -0.25) is 0 Å². The Kier molecular flexibility index (Phi) is 7.47. The lowest BCUT2D eigenvalue weighted by molar-refractivity contribution is 0.414. The second kappa shape index (κ2) is 12.3. The van der Waals surface area contributed by atoms with E-state index >= 15 is 0 Å². The minimum absolute atomic E-state index is 0.209. The van der Waals surface area contributed by atoms with E-state index in [4.69, 9.17) is 0 Å². The Balaban J connectivity index is 1.22. The Hall–Kier alpha value is -6.12. The summed E-state index contributed by atoms with van der Waals surface area (Å²) in [5.41, 5.74) is 12.2. The van der Waals surface area contributed by atoms with Crippen molar-refractivity contribution in [3.63, 3.8) is 0 Å². The van der Waals surface area contributed by atoms with E-state index in [-0.39, 0.29) is 5.41 Å². The molecule has 0 heterocycles. The summed E-state index contributed by atoms with van der Waals surface area (Å²) in [7, 11) is 0. The van der Waals surface area contributed by atoms with E-state index in [1.165, 1.54) is 55.2 Å². The number of nitrogens with zero attached hydrogens (tertiary/aromatic N) is 2. The summed E-state index contributed by atoms with van der Waals surface area (Å²) >= 11 is 0. The highest BCUT2D eigenvalue weighted by Crippen LogP contribution is 2.55. The van der Waals surface area contributed by atoms with Gasteiger partial charge in [0.25, 0.3) is 0 Å². The summed E-state index contributed by atoms with van der Waals surface area (Å²) in [5.74, 6) is 0.355. The molecule has 0 saturated carbocycles. The molecule has 0 aromatic heterocycles. The summed E-state index contributed by atoms with van der Waals surface area (Å²) in [4.78, 5) is 4.85. The first kappa shape index (κ1) is 30.9. The third-order valence-electron chi connectivity index (χ3n) is 11.1. The fourth-order valence-electron chi connectivity index (χ4n) is 8.25. The molecule has 2 heteroatoms. The zero-order valence-electron chi connectivity index (χ0n) is 29.3. The second-order valence-corrected chi connectivity index (χ2v) is 14.2. The van der Waals surface area contributed by atoms with E-state index in [1.54, 1.807) is 0 Å². The van der Waals surface area contributed by atoms with Crippen LogP contribution in [0.15, 0.2) is 182 Å². The fourth-order valence-corrected chi connectivity index (χ4v) is 8.25. The van der Waals surface area contributed by atoms with Gasteiger partial charge in [-0.2, -0.15) is 0 Å². The van der Waals surface area contributed by atoms with Crippen LogP contribution in [-0.2, 0) is 5.41 Å². The quantitative estimate of drug-likeness (QED) is 0.168. The Morgan fingerprint density at radius 1 is 0.392 bits per heavy atom. The molecule has 1 aliphatic rings. The molecule has 9 rings (SSSR count). The maximum Gasteiger partial charge on any atom is 0.0540 e. The highest BCUT2D eigenvalue weighted by molar-refractivity contribution is 6.01. The van der Waals surface area contributed by atoms with Gasteiger partial charge in [0.2, 0.25) is 0 Å². The Labute approximate surface area is 300 Å². The average molecular weight is 657 g/mol. The van der Waals surface area contributed by atoms with Crippen LogP contribution in [0.1, 0.15) is 31.9 Å². The normalized spacial score (nSPS) is 12.9. The van der Waals surface area contributed by atoms with Crippen LogP contribution in [0.5, 0.6) is 0 Å². The van der Waals surface area contributed by atoms with Gasteiger partial charge in [-0.05, 0) is 99.6 Å². The zero-order chi connectivity index (χ0) is 34.5. The van der Waals surface area contributed by atoms with Crippen LogP contribution in [0.25, 0.3) is 32.7 Å². The first-order valence-electron chi connectivity index (χ1n) is 18.0. The van der Waals surface area contributed by atoms with Crippen LogP contribution in [0.3, 0.4) is 0 Å². The van der Waals surface area contributed by atoms with Gasteiger partial charge in [-0.25, -0.2) is 0 Å². The Bertz CT molecular complexity index is 2350. The second-order valence-electron chi connectivity index (χ2n) is 14.2. The highest BCUT2D eigenvalue weighted by Gasteiger charge is 2.42. The lowest BCUT2D eigenvalue weighted by Gasteiger charge is -2.34. The molecule has 0 bridgehead atoms. The molecule has 8 aromatic rings. The maximum atomic E-state index is 2.46. The molecule has 0 saturated heterocycles. The number of benzene rings is 8. The third kappa shape index (κ3) is 5.02. The Morgan fingerprint density at radius 3 is 1.22 bits per heavy atom. The van der Waals surface area contributed by atoms with E-state index < -0.39 is 0 Å². The van der Waals surface area contributed by atoms with Crippen molar-refractivity contribution in [2.24, 2.45) is 5.92 Å². The van der Waals surface area contributed by atoms with Gasteiger partial charge >= 0.3 is 0 Å². The number of hydrogen-bond donors (Lipinski definition) is 0. The smallest absolute Gasteiger partial charge is 0.0540 e. The minimum Gasteiger partial charge on any atom is -0.310 e. The fraction of sp³-hybridized carbons (Fsp3) is 0.102. The highest BCUT2D eigenvalue weighted by atomic mass is 15.1. The van der Waals surface area contributed by atoms with Crippen LogP contribution in [0, 0.1) is 5.92 Å².